The summed E-state index contributed by atoms with van der Waals surface area (Å²) < 4.78 is 17.5. The number of nitrogens with zero attached hydrogens (tertiary/aromatic N) is 2. The second kappa shape index (κ2) is 7.90. The predicted octanol–water partition coefficient (Wildman–Crippen LogP) is 5.32. The maximum atomic E-state index is 12.9. The number of carbonyl (C=O) groups excluding carboxylic acids is 1. The fourth-order valence-corrected chi connectivity index (χ4v) is 2.32. The molecular weight excluding hydrogens is 358 g/mol. The number of ether oxygens (including phenoxy) is 1. The van der Waals surface area contributed by atoms with E-state index >= 15 is 0 Å². The van der Waals surface area contributed by atoms with Crippen molar-refractivity contribution in [2.24, 2.45) is 10.2 Å². The first-order valence-corrected chi connectivity index (χ1v) is 7.33. The third-order valence-electron chi connectivity index (χ3n) is 2.89. The lowest BCUT2D eigenvalue weighted by atomic mass is 10.1. The van der Waals surface area contributed by atoms with Gasteiger partial charge in [-0.15, -0.1) is 5.11 Å². The van der Waals surface area contributed by atoms with Gasteiger partial charge in [0.1, 0.15) is 5.82 Å². The van der Waals surface area contributed by atoms with E-state index < -0.39 is 23.2 Å². The molecule has 0 saturated heterocycles. The van der Waals surface area contributed by atoms with Crippen molar-refractivity contribution in [1.82, 2.24) is 0 Å². The molecule has 0 radical (unpaired) electrons. The Morgan fingerprint density at radius 3 is 2.25 bits per heavy atom. The molecule has 0 aliphatic rings. The molecule has 0 spiro atoms. The van der Waals surface area contributed by atoms with Gasteiger partial charge in [0.2, 0.25) is 5.70 Å². The number of aliphatic hydroxyl groups is 1. The van der Waals surface area contributed by atoms with Crippen molar-refractivity contribution in [3.8, 4) is 0 Å². The van der Waals surface area contributed by atoms with Gasteiger partial charge in [-0.3, -0.25) is 0 Å². The number of azo groups is 1. The van der Waals surface area contributed by atoms with Crippen LogP contribution in [-0.2, 0) is 9.53 Å². The quantitative estimate of drug-likeness (QED) is 0.343. The van der Waals surface area contributed by atoms with Crippen LogP contribution in [0.3, 0.4) is 0 Å². The molecule has 2 aromatic carbocycles. The molecule has 0 amide bonds. The Kier molecular flexibility index (Phi) is 5.89. The molecule has 0 bridgehead atoms. The number of hydrogen-bond donors (Lipinski definition) is 1. The maximum absolute atomic E-state index is 12.9. The minimum atomic E-state index is -0.936. The minimum Gasteiger partial charge on any atom is -0.505 e. The summed E-state index contributed by atoms with van der Waals surface area (Å²) >= 11 is 12.0. The predicted molar refractivity (Wildman–Crippen MR) is 88.9 cm³/mol. The molecule has 0 aliphatic heterocycles. The number of methoxy groups -OCH3 is 1. The summed E-state index contributed by atoms with van der Waals surface area (Å²) in [4.78, 5) is 11.9. The molecule has 2 rings (SSSR count). The third kappa shape index (κ3) is 4.10. The summed E-state index contributed by atoms with van der Waals surface area (Å²) in [5.41, 5.74) is -0.188. The number of halogens is 3. The van der Waals surface area contributed by atoms with E-state index in [0.717, 1.165) is 7.11 Å². The molecule has 1 N–H and O–H groups in total. The van der Waals surface area contributed by atoms with Crippen molar-refractivity contribution in [2.45, 2.75) is 0 Å². The molecule has 0 aliphatic carbocycles. The first kappa shape index (κ1) is 17.9. The van der Waals surface area contributed by atoms with Gasteiger partial charge >= 0.3 is 5.97 Å². The fraction of sp³-hybridized carbons (Fsp3) is 0.0625. The minimum absolute atomic E-state index is 0.0271. The largest absolute Gasteiger partial charge is 0.505 e. The Morgan fingerprint density at radius 1 is 1.12 bits per heavy atom. The van der Waals surface area contributed by atoms with Gasteiger partial charge in [-0.2, -0.15) is 5.11 Å². The zero-order valence-corrected chi connectivity index (χ0v) is 13.8. The van der Waals surface area contributed by atoms with Crippen molar-refractivity contribution >= 4 is 40.6 Å². The van der Waals surface area contributed by atoms with Gasteiger partial charge in [-0.05, 0) is 36.4 Å². The summed E-state index contributed by atoms with van der Waals surface area (Å²) in [6.45, 7) is 0. The van der Waals surface area contributed by atoms with E-state index in [-0.39, 0.29) is 21.3 Å². The Labute approximate surface area is 147 Å². The highest BCUT2D eigenvalue weighted by atomic mass is 35.5. The summed E-state index contributed by atoms with van der Waals surface area (Å²) in [5.74, 6) is -1.96. The molecule has 8 heteroatoms. The SMILES string of the molecule is COC(=O)C(N=Nc1ccc(F)cc1)=C(O)c1c(Cl)cccc1Cl. The number of hydrogen-bond acceptors (Lipinski definition) is 5. The molecule has 0 atom stereocenters. The second-order valence-corrected chi connectivity index (χ2v) is 5.28. The lowest BCUT2D eigenvalue weighted by Gasteiger charge is -2.08. The molecule has 2 aromatic rings. The Balaban J connectivity index is 2.51. The molecule has 24 heavy (non-hydrogen) atoms. The van der Waals surface area contributed by atoms with E-state index in [0.29, 0.717) is 0 Å². The number of benzene rings is 2. The summed E-state index contributed by atoms with van der Waals surface area (Å²) in [7, 11) is 1.12. The van der Waals surface area contributed by atoms with Crippen LogP contribution in [0.1, 0.15) is 5.56 Å². The van der Waals surface area contributed by atoms with Crippen LogP contribution in [0, 0.1) is 5.82 Å². The van der Waals surface area contributed by atoms with Crippen molar-refractivity contribution in [3.63, 3.8) is 0 Å². The molecule has 124 valence electrons. The Hall–Kier alpha value is -2.44. The van der Waals surface area contributed by atoms with Crippen LogP contribution >= 0.6 is 23.2 Å². The lowest BCUT2D eigenvalue weighted by molar-refractivity contribution is -0.136. The first-order valence-electron chi connectivity index (χ1n) is 6.57. The van der Waals surface area contributed by atoms with E-state index in [9.17, 15) is 14.3 Å². The van der Waals surface area contributed by atoms with Gasteiger partial charge < -0.3 is 9.84 Å². The van der Waals surface area contributed by atoms with Crippen LogP contribution in [0.5, 0.6) is 0 Å². The first-order chi connectivity index (χ1) is 11.4. The molecule has 0 saturated carbocycles. The van der Waals surface area contributed by atoms with Crippen LogP contribution in [0.2, 0.25) is 10.0 Å². The zero-order chi connectivity index (χ0) is 17.7. The van der Waals surface area contributed by atoms with Crippen LogP contribution in [0.15, 0.2) is 58.4 Å². The van der Waals surface area contributed by atoms with Crippen LogP contribution in [0.4, 0.5) is 10.1 Å². The molecule has 0 heterocycles. The van der Waals surface area contributed by atoms with Gasteiger partial charge in [0.15, 0.2) is 5.76 Å². The average molecular weight is 369 g/mol. The highest BCUT2D eigenvalue weighted by molar-refractivity contribution is 6.37. The molecule has 0 aromatic heterocycles. The zero-order valence-electron chi connectivity index (χ0n) is 12.3. The Bertz CT molecular complexity index is 800. The molecule has 0 unspecified atom stereocenters. The van der Waals surface area contributed by atoms with Gasteiger partial charge in [0.25, 0.3) is 0 Å². The van der Waals surface area contributed by atoms with E-state index in [1.54, 1.807) is 6.07 Å². The number of rotatable bonds is 4. The number of esters is 1. The number of carbonyl (C=O) groups is 1. The average Bonchev–Trinajstić information content (AvgIpc) is 2.56. The van der Waals surface area contributed by atoms with Gasteiger partial charge in [-0.1, -0.05) is 29.3 Å². The topological polar surface area (TPSA) is 71.2 Å². The van der Waals surface area contributed by atoms with Crippen molar-refractivity contribution in [3.05, 3.63) is 69.6 Å². The summed E-state index contributed by atoms with van der Waals surface area (Å²) in [6, 6.07) is 9.64. The Morgan fingerprint density at radius 2 is 1.71 bits per heavy atom. The van der Waals surface area contributed by atoms with Crippen molar-refractivity contribution < 1.29 is 19.0 Å². The van der Waals surface area contributed by atoms with Crippen LogP contribution in [0.25, 0.3) is 5.76 Å². The second-order valence-electron chi connectivity index (χ2n) is 4.46. The van der Waals surface area contributed by atoms with Crippen LogP contribution < -0.4 is 0 Å². The highest BCUT2D eigenvalue weighted by Crippen LogP contribution is 2.32. The highest BCUT2D eigenvalue weighted by Gasteiger charge is 2.21. The smallest absolute Gasteiger partial charge is 0.362 e. The maximum Gasteiger partial charge on any atom is 0.362 e. The monoisotopic (exact) mass is 368 g/mol. The molecule has 0 fully saturated rings. The van der Waals surface area contributed by atoms with E-state index in [1.165, 1.54) is 36.4 Å². The van der Waals surface area contributed by atoms with E-state index in [1.807, 2.05) is 0 Å². The van der Waals surface area contributed by atoms with Crippen molar-refractivity contribution in [1.29, 1.82) is 0 Å². The van der Waals surface area contributed by atoms with E-state index in [4.69, 9.17) is 23.2 Å². The molecular formula is C16H11Cl2FN2O3. The lowest BCUT2D eigenvalue weighted by Crippen LogP contribution is -2.06. The standard InChI is InChI=1S/C16H11Cl2FN2O3/c1-24-16(23)14(21-20-10-7-5-9(19)6-8-10)15(22)13-11(17)3-2-4-12(13)18/h2-8,22H,1H3. The fourth-order valence-electron chi connectivity index (χ4n) is 1.74. The van der Waals surface area contributed by atoms with Gasteiger partial charge in [0, 0.05) is 0 Å². The number of aliphatic hydroxyl groups excluding tert-OH is 1. The summed E-state index contributed by atoms with van der Waals surface area (Å²) in [6.07, 6.45) is 0. The van der Waals surface area contributed by atoms with Crippen molar-refractivity contribution in [2.75, 3.05) is 7.11 Å². The van der Waals surface area contributed by atoms with Gasteiger partial charge in [0.05, 0.1) is 28.4 Å². The van der Waals surface area contributed by atoms with Crippen LogP contribution in [-0.4, -0.2) is 18.2 Å². The summed E-state index contributed by atoms with van der Waals surface area (Å²) in [5, 5.41) is 18.1. The normalized spacial score (nSPS) is 12.2. The van der Waals surface area contributed by atoms with Gasteiger partial charge in [-0.25, -0.2) is 9.18 Å². The molecule has 5 nitrogen and oxygen atoms in total. The third-order valence-corrected chi connectivity index (χ3v) is 3.52. The van der Waals surface area contributed by atoms with E-state index in [2.05, 4.69) is 15.0 Å².